The zero-order valence-corrected chi connectivity index (χ0v) is 39.8. The Hall–Kier alpha value is -9.22. The van der Waals surface area contributed by atoms with Gasteiger partial charge in [-0.25, -0.2) is 9.97 Å². The number of fused-ring (bicyclic) bond motifs is 2. The molecular formula is C51H46F6N10O8. The van der Waals surface area contributed by atoms with Crippen molar-refractivity contribution in [3.63, 3.8) is 0 Å². The third kappa shape index (κ3) is 14.5. The van der Waals surface area contributed by atoms with E-state index in [-0.39, 0.29) is 42.6 Å². The van der Waals surface area contributed by atoms with Gasteiger partial charge in [-0.05, 0) is 78.2 Å². The molecule has 9 rings (SSSR count). The van der Waals surface area contributed by atoms with E-state index in [9.17, 15) is 35.9 Å². The number of hydrogen-bond acceptors (Lipinski definition) is 16. The Morgan fingerprint density at radius 1 is 0.507 bits per heavy atom. The van der Waals surface area contributed by atoms with E-state index in [2.05, 4.69) is 51.8 Å². The lowest BCUT2D eigenvalue weighted by molar-refractivity contribution is -0.138. The van der Waals surface area contributed by atoms with Crippen molar-refractivity contribution in [2.24, 2.45) is 0 Å². The van der Waals surface area contributed by atoms with Gasteiger partial charge in [-0.3, -0.25) is 9.59 Å². The lowest BCUT2D eigenvalue weighted by atomic mass is 10.0. The van der Waals surface area contributed by atoms with E-state index in [1.165, 1.54) is 26.2 Å². The highest BCUT2D eigenvalue weighted by Gasteiger charge is 2.36. The molecule has 2 amide bonds. The first-order chi connectivity index (χ1) is 36.1. The maximum Gasteiger partial charge on any atom is 0.421 e. The summed E-state index contributed by atoms with van der Waals surface area (Å²) in [6.07, 6.45) is -7.35. The lowest BCUT2D eigenvalue weighted by Crippen LogP contribution is -2.24. The van der Waals surface area contributed by atoms with Crippen LogP contribution in [0, 0.1) is 0 Å². The minimum absolute atomic E-state index is 0.0241. The van der Waals surface area contributed by atoms with Gasteiger partial charge in [0.05, 0.1) is 0 Å². The Bertz CT molecular complexity index is 3150. The van der Waals surface area contributed by atoms with Crippen LogP contribution in [0.25, 0.3) is 0 Å². The summed E-state index contributed by atoms with van der Waals surface area (Å²) in [5, 5.41) is 16.1. The maximum absolute atomic E-state index is 13.8. The molecule has 7 aromatic rings. The second-order valence-electron chi connectivity index (χ2n) is 16.1. The Kier molecular flexibility index (Phi) is 16.4. The van der Waals surface area contributed by atoms with Crippen LogP contribution in [0.4, 0.5) is 72.6 Å². The first-order valence-electron chi connectivity index (χ1n) is 22.8. The monoisotopic (exact) mass is 1040 g/mol. The van der Waals surface area contributed by atoms with Gasteiger partial charge in [0.15, 0.2) is 36.2 Å². The highest BCUT2D eigenvalue weighted by atomic mass is 19.4. The third-order valence-electron chi connectivity index (χ3n) is 10.7. The van der Waals surface area contributed by atoms with E-state index in [4.69, 9.17) is 28.4 Å². The van der Waals surface area contributed by atoms with Crippen molar-refractivity contribution in [2.75, 3.05) is 75.0 Å². The number of anilines is 8. The van der Waals surface area contributed by atoms with Crippen molar-refractivity contribution in [3.8, 4) is 34.5 Å². The average molecular weight is 1040 g/mol. The fraction of sp³-hybridized carbons (Fsp3) is 0.216. The number of benzene rings is 5. The maximum atomic E-state index is 13.8. The third-order valence-corrected chi connectivity index (χ3v) is 10.7. The van der Waals surface area contributed by atoms with Gasteiger partial charge < -0.3 is 60.3 Å². The van der Waals surface area contributed by atoms with Crippen LogP contribution in [0.2, 0.25) is 0 Å². The van der Waals surface area contributed by atoms with E-state index in [0.717, 1.165) is 17.3 Å². The number of rotatable bonds is 16. The molecule has 2 aliphatic heterocycles. The van der Waals surface area contributed by atoms with E-state index in [1.54, 1.807) is 60.7 Å². The average Bonchev–Trinajstić information content (AvgIpc) is 3.39. The molecule has 0 spiro atoms. The van der Waals surface area contributed by atoms with Crippen molar-refractivity contribution in [3.05, 3.63) is 144 Å². The van der Waals surface area contributed by atoms with Gasteiger partial charge in [0.25, 0.3) is 11.8 Å². The minimum atomic E-state index is -4.70. The number of nitrogens with one attached hydrogen (secondary N) is 6. The SMILES string of the molecule is CNC(=O)COc1cccc(Nc2nc(Nc3cccc(Cc4ccc5c(c4)OCCO5)c3)ncc2C(F)(F)F)c1.CNC(=O)COc1cccc(Nc2ncc(C(F)(F)F)c(Nc3ccc4c(c3)OCCO4)n2)c1. The summed E-state index contributed by atoms with van der Waals surface area (Å²) in [4.78, 5) is 38.7. The van der Waals surface area contributed by atoms with Gasteiger partial charge in [-0.15, -0.1) is 0 Å². The Labute approximate surface area is 424 Å². The van der Waals surface area contributed by atoms with Crippen LogP contribution >= 0.6 is 0 Å². The quantitative estimate of drug-likeness (QED) is 0.0498. The molecule has 18 nitrogen and oxygen atoms in total. The minimum Gasteiger partial charge on any atom is -0.486 e. The van der Waals surface area contributed by atoms with Gasteiger partial charge in [0.1, 0.15) is 60.7 Å². The number of hydrogen-bond donors (Lipinski definition) is 6. The summed E-state index contributed by atoms with van der Waals surface area (Å²) in [6.45, 7) is 1.35. The molecule has 24 heteroatoms. The molecule has 0 unspecified atom stereocenters. The molecule has 75 heavy (non-hydrogen) atoms. The number of ether oxygens (including phenoxy) is 6. The summed E-state index contributed by atoms with van der Waals surface area (Å²) in [6, 6.07) is 30.6. The zero-order valence-electron chi connectivity index (χ0n) is 39.8. The molecule has 0 saturated carbocycles. The molecule has 0 radical (unpaired) electrons. The van der Waals surface area contributed by atoms with Gasteiger partial charge in [-0.1, -0.05) is 30.3 Å². The van der Waals surface area contributed by atoms with Gasteiger partial charge in [0.2, 0.25) is 11.9 Å². The first kappa shape index (κ1) is 52.1. The van der Waals surface area contributed by atoms with E-state index in [0.29, 0.717) is 90.6 Å². The predicted octanol–water partition coefficient (Wildman–Crippen LogP) is 9.35. The van der Waals surface area contributed by atoms with Crippen molar-refractivity contribution in [2.45, 2.75) is 18.8 Å². The van der Waals surface area contributed by atoms with E-state index >= 15 is 0 Å². The highest BCUT2D eigenvalue weighted by molar-refractivity contribution is 5.77. The van der Waals surface area contributed by atoms with Crippen LogP contribution in [-0.2, 0) is 28.4 Å². The van der Waals surface area contributed by atoms with Crippen molar-refractivity contribution in [1.29, 1.82) is 0 Å². The van der Waals surface area contributed by atoms with Crippen LogP contribution in [0.1, 0.15) is 22.3 Å². The number of carbonyl (C=O) groups excluding carboxylic acids is 2. The Balaban J connectivity index is 0.000000203. The summed E-state index contributed by atoms with van der Waals surface area (Å²) in [7, 11) is 2.96. The molecule has 6 N–H and O–H groups in total. The normalized spacial score (nSPS) is 12.5. The largest absolute Gasteiger partial charge is 0.486 e. The fourth-order valence-electron chi connectivity index (χ4n) is 7.10. The molecule has 2 aromatic heterocycles. The summed E-state index contributed by atoms with van der Waals surface area (Å²) < 4.78 is 115. The summed E-state index contributed by atoms with van der Waals surface area (Å²) >= 11 is 0. The smallest absolute Gasteiger partial charge is 0.421 e. The highest BCUT2D eigenvalue weighted by Crippen LogP contribution is 2.39. The molecule has 0 fully saturated rings. The molecule has 2 aliphatic rings. The number of amides is 2. The molecule has 0 aliphatic carbocycles. The van der Waals surface area contributed by atoms with Crippen LogP contribution in [0.3, 0.4) is 0 Å². The van der Waals surface area contributed by atoms with E-state index in [1.807, 2.05) is 36.4 Å². The van der Waals surface area contributed by atoms with Crippen molar-refractivity contribution in [1.82, 2.24) is 30.6 Å². The van der Waals surface area contributed by atoms with Crippen LogP contribution in [0.5, 0.6) is 34.5 Å². The number of nitrogens with zero attached hydrogens (tertiary/aromatic N) is 4. The summed E-state index contributed by atoms with van der Waals surface area (Å²) in [5.74, 6) is 1.41. The second kappa shape index (κ2) is 23.6. The van der Waals surface area contributed by atoms with Crippen LogP contribution in [-0.4, -0.2) is 85.5 Å². The van der Waals surface area contributed by atoms with Crippen LogP contribution in [0.15, 0.2) is 122 Å². The predicted molar refractivity (Wildman–Crippen MR) is 263 cm³/mol. The Morgan fingerprint density at radius 3 is 1.44 bits per heavy atom. The van der Waals surface area contributed by atoms with E-state index < -0.39 is 35.1 Å². The van der Waals surface area contributed by atoms with Crippen molar-refractivity contribution >= 4 is 58.1 Å². The zero-order chi connectivity index (χ0) is 53.0. The van der Waals surface area contributed by atoms with Gasteiger partial charge >= 0.3 is 12.4 Å². The first-order valence-corrected chi connectivity index (χ1v) is 22.8. The fourth-order valence-corrected chi connectivity index (χ4v) is 7.10. The van der Waals surface area contributed by atoms with Gasteiger partial charge in [-0.2, -0.15) is 36.3 Å². The number of carbonyl (C=O) groups is 2. The number of halogens is 6. The number of likely N-dealkylation sites (N-methyl/N-ethyl adjacent to an activating group) is 2. The van der Waals surface area contributed by atoms with Crippen molar-refractivity contribution < 1.29 is 64.4 Å². The summed E-state index contributed by atoms with van der Waals surface area (Å²) in [5.41, 5.74) is 1.60. The lowest BCUT2D eigenvalue weighted by Gasteiger charge is -2.20. The topological polar surface area (TPSA) is 213 Å². The van der Waals surface area contributed by atoms with Gasteiger partial charge in [0, 0.05) is 67.4 Å². The molecule has 4 heterocycles. The molecule has 0 saturated heterocycles. The number of alkyl halides is 6. The molecule has 5 aromatic carbocycles. The molecular weight excluding hydrogens is 995 g/mol. The Morgan fingerprint density at radius 2 is 0.933 bits per heavy atom. The second-order valence-corrected chi connectivity index (χ2v) is 16.1. The number of aromatic nitrogens is 4. The molecule has 390 valence electrons. The standard InChI is InChI=1S/C29H26F3N5O4.C22H20F3N5O4/c1-33-26(38)17-41-22-7-3-6-21(15-22)35-27-23(29(30,31)32)16-34-28(37-27)36-20-5-2-4-18(13-20)12-19-8-9-24-25(14-19)40-11-10-39-24;1-26-19(31)12-34-15-4-2-3-13(9-15)29-21-27-11-16(22(23,24)25)20(30-21)28-14-5-6-17-18(10-14)33-8-7-32-17/h2-9,13-16H,10-12,17H2,1H3,(H,33,38)(H2,34,35,36,37);2-6,9-11H,7-8,12H2,1H3,(H,26,31)(H2,27,28,29,30). The molecule has 0 bridgehead atoms. The van der Waals surface area contributed by atoms with Crippen LogP contribution < -0.4 is 60.3 Å². The molecule has 0 atom stereocenters.